The van der Waals surface area contributed by atoms with Crippen molar-refractivity contribution < 1.29 is 23.9 Å². The molecular formula is C23H19N3O5. The van der Waals surface area contributed by atoms with E-state index in [1.807, 2.05) is 13.0 Å². The highest BCUT2D eigenvalue weighted by atomic mass is 16.7. The number of esters is 1. The number of hydrogen-bond donors (Lipinski definition) is 1. The first-order chi connectivity index (χ1) is 14.9. The van der Waals surface area contributed by atoms with Crippen molar-refractivity contribution in [2.75, 3.05) is 7.11 Å². The molecule has 8 heteroatoms. The molecule has 4 rings (SSSR count). The van der Waals surface area contributed by atoms with Crippen LogP contribution in [-0.2, 0) is 9.63 Å². The molecule has 0 bridgehead atoms. The topological polar surface area (TPSA) is 101 Å². The highest BCUT2D eigenvalue weighted by molar-refractivity contribution is 6.32. The van der Waals surface area contributed by atoms with Gasteiger partial charge in [-0.05, 0) is 49.8 Å². The number of ether oxygens (including phenoxy) is 2. The summed E-state index contributed by atoms with van der Waals surface area (Å²) in [5.41, 5.74) is 2.01. The molecule has 0 aliphatic carbocycles. The minimum absolute atomic E-state index is 0.0680. The molecule has 2 aromatic rings. The van der Waals surface area contributed by atoms with Gasteiger partial charge in [0.05, 0.1) is 18.2 Å². The summed E-state index contributed by atoms with van der Waals surface area (Å²) in [6, 6.07) is 11.9. The van der Waals surface area contributed by atoms with Gasteiger partial charge >= 0.3 is 5.97 Å². The van der Waals surface area contributed by atoms with Crippen LogP contribution in [0, 0.1) is 12.3 Å². The van der Waals surface area contributed by atoms with Crippen molar-refractivity contribution in [2.45, 2.75) is 13.8 Å². The summed E-state index contributed by atoms with van der Waals surface area (Å²) < 4.78 is 10.8. The lowest BCUT2D eigenvalue weighted by molar-refractivity contribution is -0.114. The average molecular weight is 417 g/mol. The van der Waals surface area contributed by atoms with Crippen LogP contribution in [0.4, 0.5) is 0 Å². The van der Waals surface area contributed by atoms with Gasteiger partial charge in [0.2, 0.25) is 0 Å². The van der Waals surface area contributed by atoms with Crippen LogP contribution in [0.15, 0.2) is 64.9 Å². The van der Waals surface area contributed by atoms with E-state index in [0.29, 0.717) is 22.6 Å². The van der Waals surface area contributed by atoms with E-state index in [-0.39, 0.29) is 23.0 Å². The van der Waals surface area contributed by atoms with Crippen molar-refractivity contribution in [3.63, 3.8) is 0 Å². The molecule has 31 heavy (non-hydrogen) atoms. The standard InChI is InChI=1S/C23H19N3O5/c1-13-5-4-6-16(9-13)23(28)30-18-8-7-15(12-19(18)29-3)11-17-21(24)26-20(25-22(17)27)10-14(2)31-26/h4-12,24H,1-3H3/b17-11+,24-21?. The number of hydroxylamine groups is 2. The zero-order valence-corrected chi connectivity index (χ0v) is 17.1. The van der Waals surface area contributed by atoms with Crippen LogP contribution >= 0.6 is 0 Å². The molecule has 0 fully saturated rings. The molecule has 2 heterocycles. The molecule has 0 spiro atoms. The number of carbonyl (C=O) groups is 2. The molecule has 156 valence electrons. The molecule has 8 nitrogen and oxygen atoms in total. The third-order valence-electron chi connectivity index (χ3n) is 4.64. The Balaban J connectivity index is 1.59. The lowest BCUT2D eigenvalue weighted by atomic mass is 10.1. The van der Waals surface area contributed by atoms with E-state index in [2.05, 4.69) is 4.99 Å². The molecular weight excluding hydrogens is 398 g/mol. The highest BCUT2D eigenvalue weighted by Crippen LogP contribution is 2.31. The maximum Gasteiger partial charge on any atom is 0.343 e. The second-order valence-electron chi connectivity index (χ2n) is 6.99. The van der Waals surface area contributed by atoms with Gasteiger partial charge < -0.3 is 14.3 Å². The summed E-state index contributed by atoms with van der Waals surface area (Å²) in [6.45, 7) is 3.60. The van der Waals surface area contributed by atoms with Crippen LogP contribution < -0.4 is 9.47 Å². The fourth-order valence-corrected chi connectivity index (χ4v) is 3.16. The number of nitrogens with one attached hydrogen (secondary N) is 1. The number of methoxy groups -OCH3 is 1. The number of fused-ring (bicyclic) bond motifs is 1. The van der Waals surface area contributed by atoms with E-state index in [0.717, 1.165) is 5.56 Å². The van der Waals surface area contributed by atoms with Crippen LogP contribution in [-0.4, -0.2) is 35.7 Å². The van der Waals surface area contributed by atoms with Crippen molar-refractivity contribution in [1.82, 2.24) is 5.06 Å². The Bertz CT molecular complexity index is 1210. The van der Waals surface area contributed by atoms with Gasteiger partial charge in [-0.2, -0.15) is 4.99 Å². The minimum Gasteiger partial charge on any atom is -0.493 e. The fourth-order valence-electron chi connectivity index (χ4n) is 3.16. The molecule has 2 aliphatic heterocycles. The monoisotopic (exact) mass is 417 g/mol. The SMILES string of the molecule is COc1cc(/C=C2\C(=N)N3OC(C)=CC3=NC2=O)ccc1OC(=O)c1cccc(C)c1. The first kappa shape index (κ1) is 20.1. The zero-order valence-electron chi connectivity index (χ0n) is 17.1. The van der Waals surface area contributed by atoms with Gasteiger partial charge in [-0.1, -0.05) is 23.8 Å². The van der Waals surface area contributed by atoms with Crippen LogP contribution in [0.25, 0.3) is 6.08 Å². The number of rotatable bonds is 4. The number of aryl methyl sites for hydroxylation is 1. The van der Waals surface area contributed by atoms with Gasteiger partial charge in [0.15, 0.2) is 23.2 Å². The Kier molecular flexibility index (Phi) is 5.12. The molecule has 1 amide bonds. The number of carbonyl (C=O) groups excluding carboxylic acids is 2. The van der Waals surface area contributed by atoms with Gasteiger partial charge in [-0.3, -0.25) is 10.2 Å². The fraction of sp³-hybridized carbons (Fsp3) is 0.130. The van der Waals surface area contributed by atoms with E-state index in [9.17, 15) is 9.59 Å². The summed E-state index contributed by atoms with van der Waals surface area (Å²) in [6.07, 6.45) is 3.10. The van der Waals surface area contributed by atoms with Crippen molar-refractivity contribution in [3.05, 3.63) is 76.6 Å². The molecule has 1 N–H and O–H groups in total. The third-order valence-corrected chi connectivity index (χ3v) is 4.64. The first-order valence-electron chi connectivity index (χ1n) is 9.42. The maximum absolute atomic E-state index is 12.5. The summed E-state index contributed by atoms with van der Waals surface area (Å²) in [7, 11) is 1.45. The van der Waals surface area contributed by atoms with Gasteiger partial charge in [0.25, 0.3) is 5.91 Å². The molecule has 0 saturated carbocycles. The van der Waals surface area contributed by atoms with Crippen LogP contribution in [0.3, 0.4) is 0 Å². The zero-order chi connectivity index (χ0) is 22.1. The molecule has 0 radical (unpaired) electrons. The maximum atomic E-state index is 12.5. The van der Waals surface area contributed by atoms with Crippen molar-refractivity contribution in [3.8, 4) is 11.5 Å². The number of allylic oxidation sites excluding steroid dienone is 1. The molecule has 0 atom stereocenters. The number of aliphatic imine (C=N–C) groups is 1. The van der Waals surface area contributed by atoms with E-state index < -0.39 is 11.9 Å². The Hall–Kier alpha value is -4.20. The van der Waals surface area contributed by atoms with E-state index >= 15 is 0 Å². The van der Waals surface area contributed by atoms with E-state index in [4.69, 9.17) is 19.7 Å². The Morgan fingerprint density at radius 3 is 2.71 bits per heavy atom. The van der Waals surface area contributed by atoms with Gasteiger partial charge in [-0.15, -0.1) is 5.06 Å². The van der Waals surface area contributed by atoms with E-state index in [1.54, 1.807) is 49.4 Å². The summed E-state index contributed by atoms with van der Waals surface area (Å²) >= 11 is 0. The largest absolute Gasteiger partial charge is 0.493 e. The smallest absolute Gasteiger partial charge is 0.343 e. The summed E-state index contributed by atoms with van der Waals surface area (Å²) in [5, 5.41) is 9.48. The second kappa shape index (κ2) is 7.91. The van der Waals surface area contributed by atoms with Gasteiger partial charge in [0, 0.05) is 6.08 Å². The van der Waals surface area contributed by atoms with Gasteiger partial charge in [-0.25, -0.2) is 4.79 Å². The number of nitrogens with zero attached hydrogens (tertiary/aromatic N) is 2. The number of amides is 1. The minimum atomic E-state index is -0.542. The summed E-state index contributed by atoms with van der Waals surface area (Å²) in [5.74, 6) is 0.207. The Morgan fingerprint density at radius 2 is 1.97 bits per heavy atom. The molecule has 2 aliphatic rings. The summed E-state index contributed by atoms with van der Waals surface area (Å²) in [4.78, 5) is 34.2. The van der Waals surface area contributed by atoms with Crippen molar-refractivity contribution in [1.29, 1.82) is 5.41 Å². The highest BCUT2D eigenvalue weighted by Gasteiger charge is 2.34. The quantitative estimate of drug-likeness (QED) is 0.463. The molecule has 2 aromatic carbocycles. The van der Waals surface area contributed by atoms with Crippen LogP contribution in [0.1, 0.15) is 28.4 Å². The number of benzene rings is 2. The number of hydrogen-bond acceptors (Lipinski definition) is 6. The van der Waals surface area contributed by atoms with E-state index in [1.165, 1.54) is 18.2 Å². The lowest BCUT2D eigenvalue weighted by Crippen LogP contribution is -2.38. The Morgan fingerprint density at radius 1 is 1.16 bits per heavy atom. The molecule has 0 saturated heterocycles. The van der Waals surface area contributed by atoms with Crippen molar-refractivity contribution in [2.24, 2.45) is 4.99 Å². The van der Waals surface area contributed by atoms with Crippen LogP contribution in [0.2, 0.25) is 0 Å². The van der Waals surface area contributed by atoms with Crippen LogP contribution in [0.5, 0.6) is 11.5 Å². The van der Waals surface area contributed by atoms with Gasteiger partial charge in [0.1, 0.15) is 5.76 Å². The third kappa shape index (κ3) is 3.95. The normalized spacial score (nSPS) is 16.5. The molecule has 0 aromatic heterocycles. The predicted molar refractivity (Wildman–Crippen MR) is 114 cm³/mol. The average Bonchev–Trinajstić information content (AvgIpc) is 3.12. The lowest BCUT2D eigenvalue weighted by Gasteiger charge is -2.23. The first-order valence-corrected chi connectivity index (χ1v) is 9.42. The molecule has 0 unspecified atom stereocenters. The number of amidine groups is 2. The predicted octanol–water partition coefficient (Wildman–Crippen LogP) is 3.67. The second-order valence-corrected chi connectivity index (χ2v) is 6.99. The van der Waals surface area contributed by atoms with Crippen molar-refractivity contribution >= 4 is 29.6 Å². The Labute approximate surface area is 178 Å².